The maximum absolute atomic E-state index is 9.36. The highest BCUT2D eigenvalue weighted by molar-refractivity contribution is 4.75. The van der Waals surface area contributed by atoms with E-state index in [-0.39, 0.29) is 12.8 Å². The number of aliphatic hydroxyl groups excluding tert-OH is 1. The molecule has 0 aliphatic carbocycles. The molecule has 0 aliphatic heterocycles. The Labute approximate surface area is 83.6 Å². The molecule has 0 saturated carbocycles. The minimum Gasteiger partial charge on any atom is -0.396 e. The fourth-order valence-corrected chi connectivity index (χ4v) is 1.27. The van der Waals surface area contributed by atoms with Crippen LogP contribution < -0.4 is 0 Å². The van der Waals surface area contributed by atoms with Crippen molar-refractivity contribution in [2.24, 2.45) is 0 Å². The van der Waals surface area contributed by atoms with E-state index in [1.807, 2.05) is 6.92 Å². The average Bonchev–Trinajstić information content (AvgIpc) is 1.98. The molecule has 0 heterocycles. The van der Waals surface area contributed by atoms with Crippen LogP contribution in [0, 0.1) is 0 Å². The zero-order chi connectivity index (χ0) is 11.2. The van der Waals surface area contributed by atoms with Gasteiger partial charge in [-0.3, -0.25) is 0 Å². The van der Waals surface area contributed by atoms with Crippen molar-refractivity contribution in [3.05, 3.63) is 0 Å². The Morgan fingerprint density at radius 3 is 1.86 bits per heavy atom. The number of hydrogen-bond acceptors (Lipinski definition) is 5. The summed E-state index contributed by atoms with van der Waals surface area (Å²) in [5.41, 5.74) is 0. The first-order valence-corrected chi connectivity index (χ1v) is 4.83. The summed E-state index contributed by atoms with van der Waals surface area (Å²) in [5.74, 6) is -4.29. The molecule has 0 atom stereocenters. The van der Waals surface area contributed by atoms with Gasteiger partial charge in [0, 0.05) is 19.4 Å². The van der Waals surface area contributed by atoms with E-state index in [4.69, 9.17) is 5.11 Å². The molecule has 0 unspecified atom stereocenters. The first kappa shape index (κ1) is 13.8. The third-order valence-electron chi connectivity index (χ3n) is 2.01. The van der Waals surface area contributed by atoms with Gasteiger partial charge >= 0.3 is 0 Å². The van der Waals surface area contributed by atoms with Gasteiger partial charge < -0.3 is 25.5 Å². The van der Waals surface area contributed by atoms with E-state index in [1.54, 1.807) is 0 Å². The summed E-state index contributed by atoms with van der Waals surface area (Å²) >= 11 is 0. The van der Waals surface area contributed by atoms with Crippen molar-refractivity contribution < 1.29 is 25.5 Å². The van der Waals surface area contributed by atoms with Crippen LogP contribution in [-0.4, -0.2) is 43.7 Å². The molecule has 0 fully saturated rings. The second-order valence-electron chi connectivity index (χ2n) is 3.72. The lowest BCUT2D eigenvalue weighted by molar-refractivity contribution is -0.261. The Balaban J connectivity index is 4.05. The van der Waals surface area contributed by atoms with Crippen LogP contribution in [0.3, 0.4) is 0 Å². The summed E-state index contributed by atoms with van der Waals surface area (Å²) in [4.78, 5) is 0. The van der Waals surface area contributed by atoms with Gasteiger partial charge in [0.05, 0.1) is 6.42 Å². The third-order valence-corrected chi connectivity index (χ3v) is 2.01. The zero-order valence-electron chi connectivity index (χ0n) is 8.48. The molecule has 0 aliphatic rings. The maximum Gasteiger partial charge on any atom is 0.169 e. The van der Waals surface area contributed by atoms with Crippen LogP contribution in [0.2, 0.25) is 0 Å². The summed E-state index contributed by atoms with van der Waals surface area (Å²) < 4.78 is 0. The number of hydrogen-bond donors (Lipinski definition) is 5. The van der Waals surface area contributed by atoms with Crippen molar-refractivity contribution in [3.8, 4) is 0 Å². The van der Waals surface area contributed by atoms with Gasteiger partial charge in [0.1, 0.15) is 0 Å². The Hall–Kier alpha value is -0.200. The first-order valence-electron chi connectivity index (χ1n) is 4.83. The minimum absolute atomic E-state index is 0.0950. The normalized spacial score (nSPS) is 13.3. The van der Waals surface area contributed by atoms with Crippen LogP contribution in [0.15, 0.2) is 0 Å². The van der Waals surface area contributed by atoms with Crippen LogP contribution >= 0.6 is 0 Å². The lowest BCUT2D eigenvalue weighted by Gasteiger charge is -2.29. The highest BCUT2D eigenvalue weighted by Crippen LogP contribution is 2.23. The molecule has 0 saturated heterocycles. The second kappa shape index (κ2) is 5.63. The van der Waals surface area contributed by atoms with Crippen LogP contribution in [0.25, 0.3) is 0 Å². The lowest BCUT2D eigenvalue weighted by Crippen LogP contribution is -2.42. The predicted molar refractivity (Wildman–Crippen MR) is 50.2 cm³/mol. The van der Waals surface area contributed by atoms with Crippen molar-refractivity contribution >= 4 is 0 Å². The van der Waals surface area contributed by atoms with Crippen molar-refractivity contribution in [3.63, 3.8) is 0 Å². The predicted octanol–water partition coefficient (Wildman–Crippen LogP) is -0.689. The summed E-state index contributed by atoms with van der Waals surface area (Å²) in [6.07, 6.45) is 0.634. The zero-order valence-corrected chi connectivity index (χ0v) is 8.48. The second-order valence-corrected chi connectivity index (χ2v) is 3.72. The summed E-state index contributed by atoms with van der Waals surface area (Å²) in [6.45, 7) is 1.49. The molecular formula is C9H20O5. The maximum atomic E-state index is 9.36. The molecule has 0 amide bonds. The Bertz CT molecular complexity index is 155. The summed E-state index contributed by atoms with van der Waals surface area (Å²) in [5, 5.41) is 45.7. The van der Waals surface area contributed by atoms with E-state index in [0.29, 0.717) is 6.42 Å². The number of unbranched alkanes of at least 4 members (excludes halogenated alkanes) is 1. The monoisotopic (exact) mass is 208 g/mol. The highest BCUT2D eigenvalue weighted by Gasteiger charge is 2.35. The number of rotatable bonds is 7. The van der Waals surface area contributed by atoms with Crippen molar-refractivity contribution in [2.75, 3.05) is 6.61 Å². The smallest absolute Gasteiger partial charge is 0.169 e. The molecule has 5 nitrogen and oxygen atoms in total. The molecule has 0 rings (SSSR count). The van der Waals surface area contributed by atoms with E-state index in [0.717, 1.165) is 6.42 Å². The average molecular weight is 208 g/mol. The lowest BCUT2D eigenvalue weighted by atomic mass is 9.98. The van der Waals surface area contributed by atoms with Gasteiger partial charge in [-0.2, -0.15) is 0 Å². The quantitative estimate of drug-likeness (QED) is 0.356. The third kappa shape index (κ3) is 6.28. The van der Waals surface area contributed by atoms with Gasteiger partial charge in [-0.05, 0) is 6.42 Å². The summed E-state index contributed by atoms with van der Waals surface area (Å²) in [6, 6.07) is 0. The summed E-state index contributed by atoms with van der Waals surface area (Å²) in [7, 11) is 0. The fraction of sp³-hybridized carbons (Fsp3) is 1.00. The standard InChI is InChI=1S/C9H20O5/c1-2-3-4-8(11,12)7-9(13,14)5-6-10/h10-14H,2-7H2,1H3. The fourth-order valence-electron chi connectivity index (χ4n) is 1.27. The molecule has 0 bridgehead atoms. The Morgan fingerprint density at radius 1 is 0.929 bits per heavy atom. The van der Waals surface area contributed by atoms with Crippen LogP contribution in [0.1, 0.15) is 39.0 Å². The van der Waals surface area contributed by atoms with Gasteiger partial charge in [-0.25, -0.2) is 0 Å². The van der Waals surface area contributed by atoms with Gasteiger partial charge in [0.2, 0.25) is 0 Å². The van der Waals surface area contributed by atoms with Crippen molar-refractivity contribution in [1.29, 1.82) is 0 Å². The topological polar surface area (TPSA) is 101 Å². The van der Waals surface area contributed by atoms with Crippen LogP contribution in [-0.2, 0) is 0 Å². The Kier molecular flexibility index (Phi) is 5.54. The Morgan fingerprint density at radius 2 is 1.43 bits per heavy atom. The first-order chi connectivity index (χ1) is 6.33. The van der Waals surface area contributed by atoms with E-state index in [9.17, 15) is 20.4 Å². The molecule has 0 aromatic heterocycles. The molecule has 86 valence electrons. The van der Waals surface area contributed by atoms with Crippen LogP contribution in [0.5, 0.6) is 0 Å². The van der Waals surface area contributed by atoms with E-state index >= 15 is 0 Å². The molecule has 0 spiro atoms. The SMILES string of the molecule is CCCCC(O)(O)CC(O)(O)CCO. The number of aliphatic hydroxyl groups is 5. The van der Waals surface area contributed by atoms with Crippen molar-refractivity contribution in [2.45, 2.75) is 50.6 Å². The molecule has 0 aromatic carbocycles. The molecule has 0 radical (unpaired) electrons. The molecule has 5 N–H and O–H groups in total. The molecule has 14 heavy (non-hydrogen) atoms. The van der Waals surface area contributed by atoms with Crippen molar-refractivity contribution in [1.82, 2.24) is 0 Å². The highest BCUT2D eigenvalue weighted by atomic mass is 16.5. The van der Waals surface area contributed by atoms with E-state index in [1.165, 1.54) is 0 Å². The van der Waals surface area contributed by atoms with E-state index < -0.39 is 24.6 Å². The van der Waals surface area contributed by atoms with Crippen LogP contribution in [0.4, 0.5) is 0 Å². The van der Waals surface area contributed by atoms with Gasteiger partial charge in [0.15, 0.2) is 11.6 Å². The van der Waals surface area contributed by atoms with E-state index in [2.05, 4.69) is 0 Å². The molecular weight excluding hydrogens is 188 g/mol. The van der Waals surface area contributed by atoms with Gasteiger partial charge in [-0.1, -0.05) is 13.3 Å². The molecule has 5 heteroatoms. The molecule has 0 aromatic rings. The minimum atomic E-state index is -2.22. The van der Waals surface area contributed by atoms with Gasteiger partial charge in [0.25, 0.3) is 0 Å². The largest absolute Gasteiger partial charge is 0.396 e. The van der Waals surface area contributed by atoms with Gasteiger partial charge in [-0.15, -0.1) is 0 Å².